The summed E-state index contributed by atoms with van der Waals surface area (Å²) in [6.07, 6.45) is 7.08. The van der Waals surface area contributed by atoms with Gasteiger partial charge in [0.25, 0.3) is 0 Å². The Morgan fingerprint density at radius 3 is 2.88 bits per heavy atom. The van der Waals surface area contributed by atoms with Gasteiger partial charge in [0.2, 0.25) is 0 Å². The summed E-state index contributed by atoms with van der Waals surface area (Å²) in [5.41, 5.74) is 0.708. The molecule has 1 spiro atoms. The average Bonchev–Trinajstić information content (AvgIpc) is 3.22. The smallest absolute Gasteiger partial charge is 0.338 e. The molecule has 4 aliphatic rings. The van der Waals surface area contributed by atoms with Crippen LogP contribution in [0, 0.1) is 16.7 Å². The Kier molecular flexibility index (Phi) is 3.04. The van der Waals surface area contributed by atoms with Crippen molar-refractivity contribution in [2.45, 2.75) is 38.7 Å². The standard InChI is InChI=1S/C20H20O6/c1-19-8-14(11-5-6-24-9-11)26-18(23)16(19)13(21)7-20-10-25-17(22)12(20)3-2-4-15(19)20/h3,5-6,9,14-15,21H,2,4,7-8,10H2,1H3/t14-,15-,19-,20-/m1/s1. The number of aliphatic hydroxyl groups is 1. The lowest BCUT2D eigenvalue weighted by Crippen LogP contribution is -2.53. The molecule has 1 aromatic rings. The van der Waals surface area contributed by atoms with Crippen LogP contribution in [-0.4, -0.2) is 23.7 Å². The van der Waals surface area contributed by atoms with Gasteiger partial charge in [0.15, 0.2) is 0 Å². The Labute approximate surface area is 150 Å². The molecule has 2 fully saturated rings. The van der Waals surface area contributed by atoms with E-state index in [4.69, 9.17) is 13.9 Å². The molecule has 6 nitrogen and oxygen atoms in total. The molecule has 4 atom stereocenters. The number of ether oxygens (including phenoxy) is 2. The van der Waals surface area contributed by atoms with Gasteiger partial charge in [0.05, 0.1) is 18.1 Å². The largest absolute Gasteiger partial charge is 0.512 e. The fourth-order valence-electron chi connectivity index (χ4n) is 5.74. The van der Waals surface area contributed by atoms with Gasteiger partial charge in [-0.05, 0) is 31.2 Å². The molecule has 26 heavy (non-hydrogen) atoms. The third-order valence-corrected chi connectivity index (χ3v) is 6.78. The van der Waals surface area contributed by atoms with Crippen molar-refractivity contribution in [3.63, 3.8) is 0 Å². The summed E-state index contributed by atoms with van der Waals surface area (Å²) in [4.78, 5) is 25.0. The minimum Gasteiger partial charge on any atom is -0.512 e. The number of carbonyl (C=O) groups excluding carboxylic acids is 2. The normalized spacial score (nSPS) is 38.7. The van der Waals surface area contributed by atoms with Gasteiger partial charge in [-0.3, -0.25) is 0 Å². The van der Waals surface area contributed by atoms with E-state index in [0.29, 0.717) is 17.6 Å². The lowest BCUT2D eigenvalue weighted by atomic mass is 9.48. The van der Waals surface area contributed by atoms with Crippen LogP contribution in [0.15, 0.2) is 46.0 Å². The molecule has 0 amide bonds. The minimum atomic E-state index is -0.590. The maximum absolute atomic E-state index is 12.8. The summed E-state index contributed by atoms with van der Waals surface area (Å²) in [7, 11) is 0. The molecule has 1 aromatic heterocycles. The average molecular weight is 356 g/mol. The zero-order valence-electron chi connectivity index (χ0n) is 14.5. The van der Waals surface area contributed by atoms with E-state index in [1.807, 2.05) is 13.0 Å². The van der Waals surface area contributed by atoms with Gasteiger partial charge in [-0.2, -0.15) is 0 Å². The highest BCUT2D eigenvalue weighted by atomic mass is 16.5. The van der Waals surface area contributed by atoms with E-state index in [0.717, 1.165) is 18.4 Å². The van der Waals surface area contributed by atoms with E-state index < -0.39 is 22.9 Å². The number of hydrogen-bond donors (Lipinski definition) is 1. The summed E-state index contributed by atoms with van der Waals surface area (Å²) < 4.78 is 16.2. The molecule has 2 aliphatic heterocycles. The summed E-state index contributed by atoms with van der Waals surface area (Å²) in [6, 6.07) is 1.79. The van der Waals surface area contributed by atoms with Crippen molar-refractivity contribution in [2.24, 2.45) is 16.7 Å². The Morgan fingerprint density at radius 2 is 2.12 bits per heavy atom. The van der Waals surface area contributed by atoms with E-state index in [1.54, 1.807) is 18.6 Å². The fourth-order valence-corrected chi connectivity index (χ4v) is 5.74. The molecule has 0 radical (unpaired) electrons. The number of cyclic esters (lactones) is 2. The van der Waals surface area contributed by atoms with Crippen LogP contribution in [0.4, 0.5) is 0 Å². The first-order valence-electron chi connectivity index (χ1n) is 8.99. The van der Waals surface area contributed by atoms with Gasteiger partial charge in [-0.1, -0.05) is 13.0 Å². The maximum Gasteiger partial charge on any atom is 0.338 e. The number of fused-ring (bicyclic) bond motifs is 2. The molecule has 2 saturated heterocycles. The van der Waals surface area contributed by atoms with Gasteiger partial charge < -0.3 is 19.0 Å². The molecule has 0 aromatic carbocycles. The van der Waals surface area contributed by atoms with Gasteiger partial charge in [0, 0.05) is 28.4 Å². The van der Waals surface area contributed by atoms with Crippen molar-refractivity contribution in [3.05, 3.63) is 47.1 Å². The molecular weight excluding hydrogens is 336 g/mol. The molecule has 1 N–H and O–H groups in total. The van der Waals surface area contributed by atoms with E-state index in [1.165, 1.54) is 0 Å². The maximum atomic E-state index is 12.8. The summed E-state index contributed by atoms with van der Waals surface area (Å²) in [6.45, 7) is 2.28. The Morgan fingerprint density at radius 1 is 1.27 bits per heavy atom. The molecule has 0 saturated carbocycles. The van der Waals surface area contributed by atoms with Crippen LogP contribution in [0.2, 0.25) is 0 Å². The van der Waals surface area contributed by atoms with Crippen LogP contribution in [0.25, 0.3) is 0 Å². The lowest BCUT2D eigenvalue weighted by molar-refractivity contribution is -0.159. The van der Waals surface area contributed by atoms with Crippen LogP contribution in [0.5, 0.6) is 0 Å². The second-order valence-corrected chi connectivity index (χ2v) is 8.05. The van der Waals surface area contributed by atoms with Crippen molar-refractivity contribution in [1.29, 1.82) is 0 Å². The third-order valence-electron chi connectivity index (χ3n) is 6.78. The van der Waals surface area contributed by atoms with Gasteiger partial charge in [-0.15, -0.1) is 0 Å². The van der Waals surface area contributed by atoms with Crippen LogP contribution in [-0.2, 0) is 19.1 Å². The summed E-state index contributed by atoms with van der Waals surface area (Å²) in [5.74, 6) is -0.696. The Bertz CT molecular complexity index is 863. The second kappa shape index (κ2) is 5.02. The number of rotatable bonds is 1. The van der Waals surface area contributed by atoms with E-state index >= 15 is 0 Å². The zero-order valence-corrected chi connectivity index (χ0v) is 14.5. The van der Waals surface area contributed by atoms with Gasteiger partial charge in [-0.25, -0.2) is 9.59 Å². The minimum absolute atomic E-state index is 0.0329. The van der Waals surface area contributed by atoms with Crippen molar-refractivity contribution < 1.29 is 28.6 Å². The summed E-state index contributed by atoms with van der Waals surface area (Å²) in [5, 5.41) is 10.8. The molecule has 6 heteroatoms. The fraction of sp³-hybridized carbons (Fsp3) is 0.500. The summed E-state index contributed by atoms with van der Waals surface area (Å²) >= 11 is 0. The van der Waals surface area contributed by atoms with Crippen LogP contribution >= 0.6 is 0 Å². The van der Waals surface area contributed by atoms with Gasteiger partial charge in [0.1, 0.15) is 18.5 Å². The molecule has 2 aliphatic carbocycles. The van der Waals surface area contributed by atoms with Crippen molar-refractivity contribution in [2.75, 3.05) is 6.61 Å². The molecule has 136 valence electrons. The van der Waals surface area contributed by atoms with E-state index in [9.17, 15) is 14.7 Å². The molecule has 5 rings (SSSR count). The number of furan rings is 1. The highest BCUT2D eigenvalue weighted by Crippen LogP contribution is 2.65. The Hall–Kier alpha value is -2.50. The van der Waals surface area contributed by atoms with Crippen molar-refractivity contribution in [1.82, 2.24) is 0 Å². The number of aliphatic hydroxyl groups excluding tert-OH is 1. The number of carbonyl (C=O) groups is 2. The van der Waals surface area contributed by atoms with Crippen LogP contribution < -0.4 is 0 Å². The second-order valence-electron chi connectivity index (χ2n) is 8.05. The van der Waals surface area contributed by atoms with Crippen LogP contribution in [0.3, 0.4) is 0 Å². The topological polar surface area (TPSA) is 86.0 Å². The highest BCUT2D eigenvalue weighted by molar-refractivity contribution is 5.95. The molecule has 3 heterocycles. The number of esters is 2. The SMILES string of the molecule is C[C@]12C[C@H](c3ccoc3)OC(=O)C1=C(O)C[C@@]13COC(=O)C1=CCC[C@@H]32. The first kappa shape index (κ1) is 15.7. The van der Waals surface area contributed by atoms with E-state index in [2.05, 4.69) is 0 Å². The first-order chi connectivity index (χ1) is 12.5. The predicted octanol–water partition coefficient (Wildman–Crippen LogP) is 3.37. The molecule has 0 bridgehead atoms. The molecular formula is C20H20O6. The van der Waals surface area contributed by atoms with Crippen molar-refractivity contribution >= 4 is 11.9 Å². The highest BCUT2D eigenvalue weighted by Gasteiger charge is 2.64. The number of allylic oxidation sites excluding steroid dienone is 2. The Balaban J connectivity index is 1.65. The van der Waals surface area contributed by atoms with Crippen LogP contribution in [0.1, 0.15) is 44.3 Å². The van der Waals surface area contributed by atoms with Crippen molar-refractivity contribution in [3.8, 4) is 0 Å². The van der Waals surface area contributed by atoms with Gasteiger partial charge >= 0.3 is 11.9 Å². The van der Waals surface area contributed by atoms with E-state index in [-0.39, 0.29) is 30.7 Å². The third kappa shape index (κ3) is 1.82. The zero-order chi connectivity index (χ0) is 18.1. The number of hydrogen-bond acceptors (Lipinski definition) is 6. The lowest BCUT2D eigenvalue weighted by Gasteiger charge is -2.55. The first-order valence-corrected chi connectivity index (χ1v) is 8.99. The monoisotopic (exact) mass is 356 g/mol. The molecule has 0 unspecified atom stereocenters. The predicted molar refractivity (Wildman–Crippen MR) is 88.7 cm³/mol. The quantitative estimate of drug-likeness (QED) is 0.777.